The van der Waals surface area contributed by atoms with Crippen molar-refractivity contribution in [1.82, 2.24) is 19.1 Å². The number of nitrogens with zero attached hydrogens (tertiary/aromatic N) is 4. The fourth-order valence-electron chi connectivity index (χ4n) is 1.62. The minimum absolute atomic E-state index is 0.136. The molecule has 0 unspecified atom stereocenters. The first kappa shape index (κ1) is 9.70. The van der Waals surface area contributed by atoms with Crippen molar-refractivity contribution in [3.8, 4) is 0 Å². The summed E-state index contributed by atoms with van der Waals surface area (Å²) in [5.74, 6) is 0.968. The summed E-state index contributed by atoms with van der Waals surface area (Å²) in [6.07, 6.45) is 0. The second-order valence-electron chi connectivity index (χ2n) is 3.41. The molecule has 2 heterocycles. The molecule has 0 aliphatic carbocycles. The molecule has 2 aromatic heterocycles. The van der Waals surface area contributed by atoms with Crippen molar-refractivity contribution in [3.05, 3.63) is 16.2 Å². The molecule has 2 aromatic rings. The fourth-order valence-corrected chi connectivity index (χ4v) is 1.62. The highest BCUT2D eigenvalue weighted by atomic mass is 16.1. The quantitative estimate of drug-likeness (QED) is 0.716. The van der Waals surface area contributed by atoms with Crippen LogP contribution in [0.3, 0.4) is 0 Å². The lowest BCUT2D eigenvalue weighted by molar-refractivity contribution is 0.725. The molecule has 80 valence electrons. The number of aryl methyl sites for hydroxylation is 2. The van der Waals surface area contributed by atoms with Crippen molar-refractivity contribution < 1.29 is 0 Å². The van der Waals surface area contributed by atoms with Crippen LogP contribution in [0.25, 0.3) is 11.2 Å². The van der Waals surface area contributed by atoms with Crippen LogP contribution in [0.15, 0.2) is 4.79 Å². The van der Waals surface area contributed by atoms with Crippen molar-refractivity contribution in [2.24, 2.45) is 7.05 Å². The smallest absolute Gasteiger partial charge is 0.281 e. The molecule has 0 radical (unpaired) electrons. The van der Waals surface area contributed by atoms with Crippen LogP contribution in [0.4, 0.5) is 5.95 Å². The van der Waals surface area contributed by atoms with Crippen LogP contribution in [0.1, 0.15) is 12.7 Å². The zero-order valence-corrected chi connectivity index (χ0v) is 8.98. The van der Waals surface area contributed by atoms with Gasteiger partial charge in [0.15, 0.2) is 11.2 Å². The second kappa shape index (κ2) is 3.08. The molecule has 2 rings (SSSR count). The number of imidazole rings is 1. The first-order valence-corrected chi connectivity index (χ1v) is 4.75. The van der Waals surface area contributed by atoms with Gasteiger partial charge in [0, 0.05) is 13.6 Å². The lowest BCUT2D eigenvalue weighted by Gasteiger charge is -2.05. The van der Waals surface area contributed by atoms with Gasteiger partial charge in [-0.15, -0.1) is 0 Å². The summed E-state index contributed by atoms with van der Waals surface area (Å²) in [5.41, 5.74) is 6.45. The second-order valence-corrected chi connectivity index (χ2v) is 3.41. The predicted octanol–water partition coefficient (Wildman–Crippen LogP) is 0.0405. The zero-order valence-electron chi connectivity index (χ0n) is 8.98. The third-order valence-electron chi connectivity index (χ3n) is 2.56. The molecular weight excluding hydrogens is 194 g/mol. The zero-order chi connectivity index (χ0) is 11.2. The number of nitrogens with two attached hydrogens (primary N) is 1. The highest BCUT2D eigenvalue weighted by molar-refractivity contribution is 5.71. The maximum Gasteiger partial charge on any atom is 0.281 e. The number of fused-ring (bicyclic) bond motifs is 1. The number of hydrogen-bond donors (Lipinski definition) is 1. The van der Waals surface area contributed by atoms with Gasteiger partial charge in [0.05, 0.1) is 0 Å². The predicted molar refractivity (Wildman–Crippen MR) is 57.6 cm³/mol. The topological polar surface area (TPSA) is 78.7 Å². The van der Waals surface area contributed by atoms with E-state index in [1.54, 1.807) is 11.6 Å². The summed E-state index contributed by atoms with van der Waals surface area (Å²) < 4.78 is 3.17. The summed E-state index contributed by atoms with van der Waals surface area (Å²) >= 11 is 0. The number of rotatable bonds is 1. The minimum atomic E-state index is -0.136. The number of aromatic nitrogens is 4. The minimum Gasteiger partial charge on any atom is -0.369 e. The Morgan fingerprint density at radius 1 is 1.40 bits per heavy atom. The Balaban J connectivity index is 2.99. The average Bonchev–Trinajstić information content (AvgIpc) is 2.43. The van der Waals surface area contributed by atoms with Gasteiger partial charge in [-0.1, -0.05) is 0 Å². The molecule has 0 atom stereocenters. The first-order chi connectivity index (χ1) is 7.06. The van der Waals surface area contributed by atoms with Gasteiger partial charge in [-0.25, -0.2) is 4.98 Å². The van der Waals surface area contributed by atoms with E-state index in [4.69, 9.17) is 5.73 Å². The normalized spacial score (nSPS) is 11.1. The van der Waals surface area contributed by atoms with Crippen LogP contribution < -0.4 is 11.3 Å². The number of anilines is 1. The first-order valence-electron chi connectivity index (χ1n) is 4.75. The highest BCUT2D eigenvalue weighted by Crippen LogP contribution is 2.09. The summed E-state index contributed by atoms with van der Waals surface area (Å²) in [5, 5.41) is 0. The Bertz CT molecular complexity index is 580. The number of hydrogen-bond acceptors (Lipinski definition) is 4. The van der Waals surface area contributed by atoms with E-state index in [-0.39, 0.29) is 11.5 Å². The Hall–Kier alpha value is -1.85. The largest absolute Gasteiger partial charge is 0.369 e. The molecular formula is C9H13N5O. The van der Waals surface area contributed by atoms with Crippen molar-refractivity contribution in [1.29, 1.82) is 0 Å². The highest BCUT2D eigenvalue weighted by Gasteiger charge is 2.13. The van der Waals surface area contributed by atoms with Crippen molar-refractivity contribution in [3.63, 3.8) is 0 Å². The number of nitrogen functional groups attached to an aromatic ring is 1. The molecule has 6 heteroatoms. The van der Waals surface area contributed by atoms with Crippen molar-refractivity contribution in [2.75, 3.05) is 5.73 Å². The monoisotopic (exact) mass is 207 g/mol. The molecule has 0 aliphatic rings. The third-order valence-corrected chi connectivity index (χ3v) is 2.56. The molecule has 0 spiro atoms. The lowest BCUT2D eigenvalue weighted by Crippen LogP contribution is -2.24. The van der Waals surface area contributed by atoms with Crippen LogP contribution in [0, 0.1) is 6.92 Å². The summed E-state index contributed by atoms with van der Waals surface area (Å²) in [7, 11) is 1.80. The molecule has 0 saturated carbocycles. The molecule has 0 fully saturated rings. The van der Waals surface area contributed by atoms with E-state index in [1.807, 2.05) is 13.8 Å². The Morgan fingerprint density at radius 3 is 2.67 bits per heavy atom. The Labute approximate surface area is 86.4 Å². The van der Waals surface area contributed by atoms with Crippen molar-refractivity contribution >= 4 is 17.1 Å². The van der Waals surface area contributed by atoms with Crippen LogP contribution in [0.2, 0.25) is 0 Å². The molecule has 2 N–H and O–H groups in total. The van der Waals surface area contributed by atoms with Gasteiger partial charge in [0.25, 0.3) is 5.56 Å². The van der Waals surface area contributed by atoms with Gasteiger partial charge >= 0.3 is 0 Å². The standard InChI is InChI=1S/C9H13N5O/c1-4-14-8(15)6-7(12-9(14)10)11-5(2)13(6)3/h4H2,1-3H3,(H2,10,12). The molecule has 0 aliphatic heterocycles. The molecule has 15 heavy (non-hydrogen) atoms. The molecule has 0 saturated heterocycles. The van der Waals surface area contributed by atoms with E-state index in [2.05, 4.69) is 9.97 Å². The van der Waals surface area contributed by atoms with Crippen LogP contribution >= 0.6 is 0 Å². The lowest BCUT2D eigenvalue weighted by atomic mass is 10.5. The molecule has 6 nitrogen and oxygen atoms in total. The van der Waals surface area contributed by atoms with E-state index in [0.717, 1.165) is 5.82 Å². The SMILES string of the molecule is CCn1c(N)nc2nc(C)n(C)c2c1=O. The summed E-state index contributed by atoms with van der Waals surface area (Å²) in [6.45, 7) is 4.19. The fraction of sp³-hybridized carbons (Fsp3) is 0.444. The summed E-state index contributed by atoms with van der Waals surface area (Å²) in [4.78, 5) is 20.3. The molecule has 0 aromatic carbocycles. The molecule has 0 amide bonds. The van der Waals surface area contributed by atoms with E-state index in [1.165, 1.54) is 4.57 Å². The maximum atomic E-state index is 12.0. The van der Waals surface area contributed by atoms with E-state index >= 15 is 0 Å². The van der Waals surface area contributed by atoms with Gasteiger partial charge in [0.2, 0.25) is 5.95 Å². The van der Waals surface area contributed by atoms with Gasteiger partial charge in [-0.2, -0.15) is 4.98 Å². The Morgan fingerprint density at radius 2 is 2.07 bits per heavy atom. The van der Waals surface area contributed by atoms with E-state index in [0.29, 0.717) is 17.7 Å². The van der Waals surface area contributed by atoms with E-state index < -0.39 is 0 Å². The van der Waals surface area contributed by atoms with Gasteiger partial charge in [0.1, 0.15) is 5.82 Å². The maximum absolute atomic E-state index is 12.0. The van der Waals surface area contributed by atoms with Gasteiger partial charge < -0.3 is 10.3 Å². The third kappa shape index (κ3) is 1.21. The average molecular weight is 207 g/mol. The van der Waals surface area contributed by atoms with Gasteiger partial charge in [-0.3, -0.25) is 9.36 Å². The van der Waals surface area contributed by atoms with Crippen LogP contribution in [-0.2, 0) is 13.6 Å². The summed E-state index contributed by atoms with van der Waals surface area (Å²) in [6, 6.07) is 0. The van der Waals surface area contributed by atoms with Crippen molar-refractivity contribution in [2.45, 2.75) is 20.4 Å². The van der Waals surface area contributed by atoms with Crippen LogP contribution in [0.5, 0.6) is 0 Å². The van der Waals surface area contributed by atoms with E-state index in [9.17, 15) is 4.79 Å². The molecule has 0 bridgehead atoms. The van der Waals surface area contributed by atoms with Gasteiger partial charge in [-0.05, 0) is 13.8 Å². The Kier molecular flexibility index (Phi) is 1.99. The van der Waals surface area contributed by atoms with Crippen LogP contribution in [-0.4, -0.2) is 19.1 Å².